The van der Waals surface area contributed by atoms with Crippen molar-refractivity contribution in [3.63, 3.8) is 0 Å². The molecule has 6 nitrogen and oxygen atoms in total. The lowest BCUT2D eigenvalue weighted by Gasteiger charge is -2.22. The van der Waals surface area contributed by atoms with Crippen LogP contribution in [0.25, 0.3) is 0 Å². The minimum atomic E-state index is -4.14. The van der Waals surface area contributed by atoms with Crippen molar-refractivity contribution in [3.8, 4) is 0 Å². The summed E-state index contributed by atoms with van der Waals surface area (Å²) in [5, 5.41) is 6.38. The van der Waals surface area contributed by atoms with E-state index in [1.165, 1.54) is 4.90 Å². The molecule has 2 saturated heterocycles. The quantitative estimate of drug-likeness (QED) is 0.246. The molecule has 0 radical (unpaired) electrons. The Morgan fingerprint density at radius 3 is 2.65 bits per heavy atom. The number of nitrogens with one attached hydrogen (secondary N) is 2. The Balaban J connectivity index is 0.00000338. The number of aliphatic imine (C=N–C) groups is 1. The van der Waals surface area contributed by atoms with Crippen molar-refractivity contribution in [1.82, 2.24) is 15.5 Å². The average Bonchev–Trinajstić information content (AvgIpc) is 2.99. The van der Waals surface area contributed by atoms with Gasteiger partial charge in [0.15, 0.2) is 5.96 Å². The maximum absolute atomic E-state index is 12.4. The monoisotopic (exact) mass is 494 g/mol. The number of guanidine groups is 1. The lowest BCUT2D eigenvalue weighted by atomic mass is 10.1. The highest BCUT2D eigenvalue weighted by Gasteiger charge is 2.34. The number of likely N-dealkylation sites (tertiary alicyclic amines) is 1. The average molecular weight is 494 g/mol. The molecule has 0 amide bonds. The van der Waals surface area contributed by atoms with E-state index in [0.717, 1.165) is 32.5 Å². The van der Waals surface area contributed by atoms with Crippen LogP contribution in [0.3, 0.4) is 0 Å². The van der Waals surface area contributed by atoms with Gasteiger partial charge >= 0.3 is 6.18 Å². The molecule has 0 aromatic heterocycles. The van der Waals surface area contributed by atoms with E-state index in [0.29, 0.717) is 44.7 Å². The molecule has 2 rings (SSSR count). The van der Waals surface area contributed by atoms with Crippen LogP contribution in [-0.4, -0.2) is 82.2 Å². The zero-order valence-corrected chi connectivity index (χ0v) is 17.5. The molecule has 2 fully saturated rings. The van der Waals surface area contributed by atoms with Gasteiger partial charge in [-0.15, -0.1) is 24.0 Å². The Kier molecular flexibility index (Phi) is 11.1. The predicted molar refractivity (Wildman–Crippen MR) is 105 cm³/mol. The first-order valence-electron chi connectivity index (χ1n) is 8.92. The third-order valence-corrected chi connectivity index (χ3v) is 4.38. The van der Waals surface area contributed by atoms with Crippen LogP contribution in [0.4, 0.5) is 13.2 Å². The Morgan fingerprint density at radius 1 is 1.27 bits per heavy atom. The van der Waals surface area contributed by atoms with E-state index in [-0.39, 0.29) is 30.0 Å². The van der Waals surface area contributed by atoms with Gasteiger partial charge in [-0.1, -0.05) is 0 Å². The predicted octanol–water partition coefficient (Wildman–Crippen LogP) is 1.99. The van der Waals surface area contributed by atoms with Crippen LogP contribution in [0.15, 0.2) is 4.99 Å². The number of alkyl halides is 3. The van der Waals surface area contributed by atoms with Gasteiger partial charge in [0, 0.05) is 52.5 Å². The van der Waals surface area contributed by atoms with Gasteiger partial charge in [-0.3, -0.25) is 9.89 Å². The van der Waals surface area contributed by atoms with Crippen LogP contribution in [0.5, 0.6) is 0 Å². The third-order valence-electron chi connectivity index (χ3n) is 4.38. The van der Waals surface area contributed by atoms with Gasteiger partial charge in [-0.05, 0) is 25.7 Å². The van der Waals surface area contributed by atoms with E-state index < -0.39 is 12.7 Å². The molecule has 0 aromatic carbocycles. The molecule has 0 aromatic rings. The Hall–Kier alpha value is -0.330. The Labute approximate surface area is 170 Å². The molecule has 0 aliphatic carbocycles. The van der Waals surface area contributed by atoms with Gasteiger partial charge in [-0.25, -0.2) is 0 Å². The highest BCUT2D eigenvalue weighted by atomic mass is 127. The molecular formula is C16H30F3IN4O2. The number of halogens is 4. The fraction of sp³-hybridized carbons (Fsp3) is 0.938. The summed E-state index contributed by atoms with van der Waals surface area (Å²) in [5.41, 5.74) is 0. The van der Waals surface area contributed by atoms with Crippen molar-refractivity contribution < 1.29 is 22.6 Å². The molecule has 26 heavy (non-hydrogen) atoms. The summed E-state index contributed by atoms with van der Waals surface area (Å²) in [5.74, 6) is 0.630. The maximum atomic E-state index is 12.4. The first-order valence-corrected chi connectivity index (χ1v) is 8.92. The second-order valence-corrected chi connectivity index (χ2v) is 6.52. The van der Waals surface area contributed by atoms with E-state index in [2.05, 4.69) is 15.6 Å². The van der Waals surface area contributed by atoms with Gasteiger partial charge < -0.3 is 20.1 Å². The van der Waals surface area contributed by atoms with Crippen LogP contribution in [0.2, 0.25) is 0 Å². The summed E-state index contributed by atoms with van der Waals surface area (Å²) < 4.78 is 48.3. The van der Waals surface area contributed by atoms with Crippen LogP contribution in [-0.2, 0) is 9.47 Å². The molecule has 1 atom stereocenters. The van der Waals surface area contributed by atoms with E-state index in [4.69, 9.17) is 9.47 Å². The van der Waals surface area contributed by atoms with E-state index in [9.17, 15) is 13.2 Å². The van der Waals surface area contributed by atoms with Crippen molar-refractivity contribution in [2.75, 3.05) is 53.0 Å². The number of hydrogen-bond donors (Lipinski definition) is 2. The topological polar surface area (TPSA) is 58.1 Å². The summed E-state index contributed by atoms with van der Waals surface area (Å²) in [6.07, 6.45) is -0.407. The van der Waals surface area contributed by atoms with Crippen LogP contribution >= 0.6 is 24.0 Å². The molecule has 0 bridgehead atoms. The SMILES string of the molecule is CN=C(NCCCOC1CCOCC1)NC1CCN(CC(F)(F)F)C1.I. The third kappa shape index (κ3) is 9.56. The fourth-order valence-corrected chi connectivity index (χ4v) is 3.11. The smallest absolute Gasteiger partial charge is 0.381 e. The highest BCUT2D eigenvalue weighted by molar-refractivity contribution is 14.0. The summed E-state index contributed by atoms with van der Waals surface area (Å²) >= 11 is 0. The molecule has 2 aliphatic rings. The summed E-state index contributed by atoms with van der Waals surface area (Å²) in [4.78, 5) is 5.56. The van der Waals surface area contributed by atoms with Crippen LogP contribution < -0.4 is 10.6 Å². The van der Waals surface area contributed by atoms with Gasteiger partial charge in [0.25, 0.3) is 0 Å². The number of rotatable bonds is 7. The second-order valence-electron chi connectivity index (χ2n) is 6.52. The normalized spacial score (nSPS) is 22.9. The Morgan fingerprint density at radius 2 is 2.00 bits per heavy atom. The number of hydrogen-bond acceptors (Lipinski definition) is 4. The molecule has 0 spiro atoms. The van der Waals surface area contributed by atoms with Crippen molar-refractivity contribution in [3.05, 3.63) is 0 Å². The zero-order chi connectivity index (χ0) is 18.1. The van der Waals surface area contributed by atoms with Crippen molar-refractivity contribution >= 4 is 29.9 Å². The zero-order valence-electron chi connectivity index (χ0n) is 15.2. The summed E-state index contributed by atoms with van der Waals surface area (Å²) in [7, 11) is 1.66. The first kappa shape index (κ1) is 23.7. The largest absolute Gasteiger partial charge is 0.401 e. The lowest BCUT2D eigenvalue weighted by molar-refractivity contribution is -0.143. The van der Waals surface area contributed by atoms with Gasteiger partial charge in [0.05, 0.1) is 12.6 Å². The van der Waals surface area contributed by atoms with Crippen LogP contribution in [0.1, 0.15) is 25.7 Å². The minimum absolute atomic E-state index is 0. The molecule has 2 heterocycles. The number of ether oxygens (including phenoxy) is 2. The summed E-state index contributed by atoms with van der Waals surface area (Å²) in [6.45, 7) is 2.92. The van der Waals surface area contributed by atoms with Gasteiger partial charge in [-0.2, -0.15) is 13.2 Å². The van der Waals surface area contributed by atoms with Crippen molar-refractivity contribution in [2.24, 2.45) is 4.99 Å². The second kappa shape index (κ2) is 12.2. The van der Waals surface area contributed by atoms with E-state index >= 15 is 0 Å². The molecular weight excluding hydrogens is 464 g/mol. The van der Waals surface area contributed by atoms with Crippen molar-refractivity contribution in [1.29, 1.82) is 0 Å². The molecule has 1 unspecified atom stereocenters. The number of nitrogens with zero attached hydrogens (tertiary/aromatic N) is 2. The fourth-order valence-electron chi connectivity index (χ4n) is 3.11. The molecule has 154 valence electrons. The van der Waals surface area contributed by atoms with Crippen LogP contribution in [0, 0.1) is 0 Å². The molecule has 2 N–H and O–H groups in total. The minimum Gasteiger partial charge on any atom is -0.381 e. The maximum Gasteiger partial charge on any atom is 0.401 e. The Bertz CT molecular complexity index is 421. The van der Waals surface area contributed by atoms with E-state index in [1.807, 2.05) is 0 Å². The van der Waals surface area contributed by atoms with Gasteiger partial charge in [0.2, 0.25) is 0 Å². The highest BCUT2D eigenvalue weighted by Crippen LogP contribution is 2.19. The lowest BCUT2D eigenvalue weighted by Crippen LogP contribution is -2.45. The molecule has 2 aliphatic heterocycles. The van der Waals surface area contributed by atoms with Gasteiger partial charge in [0.1, 0.15) is 0 Å². The summed E-state index contributed by atoms with van der Waals surface area (Å²) in [6, 6.07) is -0.00737. The molecule has 0 saturated carbocycles. The first-order chi connectivity index (χ1) is 12.0. The molecule has 10 heteroatoms. The van der Waals surface area contributed by atoms with Crippen molar-refractivity contribution in [2.45, 2.75) is 44.0 Å². The van der Waals surface area contributed by atoms with E-state index in [1.54, 1.807) is 7.05 Å². The standard InChI is InChI=1S/C16H29F3N4O2.HI/c1-20-15(21-6-2-8-25-14-4-9-24-10-5-14)22-13-3-7-23(11-13)12-16(17,18)19;/h13-14H,2-12H2,1H3,(H2,20,21,22);1H.